The Balaban J connectivity index is 1.54. The molecule has 12 nitrogen and oxygen atoms in total. The van der Waals surface area contributed by atoms with Gasteiger partial charge >= 0.3 is 5.97 Å². The number of benzene rings is 2. The number of esters is 1. The molecule has 0 aliphatic carbocycles. The molecule has 0 amide bonds. The van der Waals surface area contributed by atoms with Crippen LogP contribution in [0.3, 0.4) is 0 Å². The van der Waals surface area contributed by atoms with E-state index in [1.54, 1.807) is 41.1 Å². The second-order valence-electron chi connectivity index (χ2n) is 7.28. The molecule has 35 heavy (non-hydrogen) atoms. The van der Waals surface area contributed by atoms with E-state index in [4.69, 9.17) is 16.3 Å². The van der Waals surface area contributed by atoms with Crippen molar-refractivity contribution in [2.75, 3.05) is 7.11 Å². The Kier molecular flexibility index (Phi) is 6.01. The maximum Gasteiger partial charge on any atom is 0.311 e. The molecule has 0 N–H and O–H groups in total. The molecule has 14 heteroatoms. The van der Waals surface area contributed by atoms with Gasteiger partial charge in [-0.15, -0.1) is 15.3 Å². The number of carbonyl (C=O) groups is 1. The number of carbonyl (C=O) groups excluding carboxylic acids is 1. The van der Waals surface area contributed by atoms with Crippen molar-refractivity contribution in [2.45, 2.75) is 17.3 Å². The van der Waals surface area contributed by atoms with Gasteiger partial charge in [-0.25, -0.2) is 4.68 Å². The van der Waals surface area contributed by atoms with Crippen LogP contribution in [-0.2, 0) is 21.7 Å². The van der Waals surface area contributed by atoms with E-state index in [0.717, 1.165) is 5.56 Å². The predicted octanol–water partition coefficient (Wildman–Crippen LogP) is 3.43. The molecule has 0 saturated carbocycles. The van der Waals surface area contributed by atoms with E-state index in [9.17, 15) is 14.9 Å². The number of non-ortho nitro benzene ring substituents is 1. The first-order valence-electron chi connectivity index (χ1n) is 10.1. The summed E-state index contributed by atoms with van der Waals surface area (Å²) in [6.07, 6.45) is -0.0930. The topological polar surface area (TPSA) is 143 Å². The quantitative estimate of drug-likeness (QED) is 0.138. The van der Waals surface area contributed by atoms with E-state index >= 15 is 0 Å². The molecule has 0 radical (unpaired) electrons. The summed E-state index contributed by atoms with van der Waals surface area (Å²) >= 11 is 7.39. The van der Waals surface area contributed by atoms with Crippen molar-refractivity contribution in [3.8, 4) is 5.69 Å². The fraction of sp³-hybridized carbons (Fsp3) is 0.143. The molecular weight excluding hydrogens is 496 g/mol. The van der Waals surface area contributed by atoms with Gasteiger partial charge in [0.15, 0.2) is 11.2 Å². The zero-order valence-corrected chi connectivity index (χ0v) is 19.6. The summed E-state index contributed by atoms with van der Waals surface area (Å²) in [6, 6.07) is 13.3. The van der Waals surface area contributed by atoms with E-state index in [2.05, 4.69) is 25.4 Å². The number of hydrogen-bond acceptors (Lipinski definition) is 10. The number of nitrogens with zero attached hydrogens (tertiary/aromatic N) is 8. The first-order valence-corrected chi connectivity index (χ1v) is 11.5. The van der Waals surface area contributed by atoms with Crippen molar-refractivity contribution < 1.29 is 14.5 Å². The Labute approximate surface area is 206 Å². The molecule has 0 saturated heterocycles. The van der Waals surface area contributed by atoms with Crippen LogP contribution in [0, 0.1) is 10.1 Å². The number of thioether (sulfide) groups is 1. The largest absolute Gasteiger partial charge is 0.469 e. The van der Waals surface area contributed by atoms with Gasteiger partial charge in [0.25, 0.3) is 11.5 Å². The summed E-state index contributed by atoms with van der Waals surface area (Å²) in [7, 11) is 1.30. The van der Waals surface area contributed by atoms with E-state index < -0.39 is 10.9 Å². The van der Waals surface area contributed by atoms with Crippen molar-refractivity contribution in [1.82, 2.24) is 34.6 Å². The highest BCUT2D eigenvalue weighted by molar-refractivity contribution is 7.98. The van der Waals surface area contributed by atoms with Crippen LogP contribution in [0.1, 0.15) is 11.3 Å². The van der Waals surface area contributed by atoms with Crippen molar-refractivity contribution in [3.05, 3.63) is 74.9 Å². The third kappa shape index (κ3) is 4.50. The molecule has 5 aromatic rings. The molecule has 176 valence electrons. The molecule has 2 aromatic carbocycles. The SMILES string of the molecule is COC(=O)Cc1nn(-c2ccc(Cl)cc2)c2c1nnc1nc(SCc3ccc([N+](=O)[O-])cc3)nn12. The van der Waals surface area contributed by atoms with E-state index in [0.29, 0.717) is 38.5 Å². The molecule has 0 aliphatic heterocycles. The summed E-state index contributed by atoms with van der Waals surface area (Å²) in [6.45, 7) is 0. The Bertz CT molecular complexity index is 1570. The summed E-state index contributed by atoms with van der Waals surface area (Å²) in [5.74, 6) is 0.283. The highest BCUT2D eigenvalue weighted by Gasteiger charge is 2.22. The van der Waals surface area contributed by atoms with Gasteiger partial charge in [-0.05, 0) is 29.8 Å². The average Bonchev–Trinajstić information content (AvgIpc) is 3.44. The lowest BCUT2D eigenvalue weighted by Crippen LogP contribution is -2.06. The fourth-order valence-corrected chi connectivity index (χ4v) is 4.24. The third-order valence-electron chi connectivity index (χ3n) is 5.04. The van der Waals surface area contributed by atoms with Crippen LogP contribution in [0.5, 0.6) is 0 Å². The monoisotopic (exact) mass is 510 g/mol. The van der Waals surface area contributed by atoms with Gasteiger partial charge in [0.1, 0.15) is 5.69 Å². The minimum Gasteiger partial charge on any atom is -0.469 e. The summed E-state index contributed by atoms with van der Waals surface area (Å²) in [5.41, 5.74) is 2.83. The Morgan fingerprint density at radius 3 is 2.54 bits per heavy atom. The van der Waals surface area contributed by atoms with Gasteiger partial charge in [-0.1, -0.05) is 35.5 Å². The van der Waals surface area contributed by atoms with Crippen molar-refractivity contribution in [1.29, 1.82) is 0 Å². The molecule has 5 rings (SSSR count). The molecule has 0 atom stereocenters. The van der Waals surface area contributed by atoms with Crippen LogP contribution in [0.25, 0.3) is 22.6 Å². The number of methoxy groups -OCH3 is 1. The molecule has 0 fully saturated rings. The number of hydrogen-bond donors (Lipinski definition) is 0. The smallest absolute Gasteiger partial charge is 0.311 e. The second-order valence-corrected chi connectivity index (χ2v) is 8.66. The van der Waals surface area contributed by atoms with E-state index in [-0.39, 0.29) is 17.9 Å². The normalized spacial score (nSPS) is 11.3. The molecular formula is C21H15ClN8O4S. The number of aromatic nitrogens is 7. The lowest BCUT2D eigenvalue weighted by atomic mass is 10.2. The van der Waals surface area contributed by atoms with E-state index in [1.807, 2.05) is 0 Å². The minimum absolute atomic E-state index is 0.0282. The number of fused-ring (bicyclic) bond motifs is 3. The summed E-state index contributed by atoms with van der Waals surface area (Å²) in [4.78, 5) is 26.8. The van der Waals surface area contributed by atoms with Crippen molar-refractivity contribution >= 4 is 52.0 Å². The molecule has 3 aromatic heterocycles. The third-order valence-corrected chi connectivity index (χ3v) is 6.20. The maximum atomic E-state index is 11.9. The molecule has 3 heterocycles. The van der Waals surface area contributed by atoms with Gasteiger partial charge in [0.05, 0.1) is 24.1 Å². The minimum atomic E-state index is -0.465. The molecule has 0 bridgehead atoms. The molecule has 0 aliphatic rings. The van der Waals surface area contributed by atoms with Gasteiger partial charge in [0.2, 0.25) is 5.16 Å². The molecule has 0 unspecified atom stereocenters. The van der Waals surface area contributed by atoms with Gasteiger partial charge in [-0.3, -0.25) is 14.9 Å². The zero-order chi connectivity index (χ0) is 24.5. The highest BCUT2D eigenvalue weighted by atomic mass is 35.5. The summed E-state index contributed by atoms with van der Waals surface area (Å²) < 4.78 is 7.91. The van der Waals surface area contributed by atoms with Crippen LogP contribution < -0.4 is 0 Å². The van der Waals surface area contributed by atoms with Gasteiger partial charge in [-0.2, -0.15) is 14.6 Å². The van der Waals surface area contributed by atoms with Gasteiger partial charge < -0.3 is 4.74 Å². The first-order chi connectivity index (χ1) is 16.9. The Morgan fingerprint density at radius 1 is 1.11 bits per heavy atom. The highest BCUT2D eigenvalue weighted by Crippen LogP contribution is 2.25. The number of ether oxygens (including phenoxy) is 1. The van der Waals surface area contributed by atoms with Crippen LogP contribution in [0.4, 0.5) is 5.69 Å². The Hall–Kier alpha value is -4.10. The number of nitro groups is 1. The Morgan fingerprint density at radius 2 is 1.86 bits per heavy atom. The fourth-order valence-electron chi connectivity index (χ4n) is 3.34. The predicted molar refractivity (Wildman–Crippen MR) is 127 cm³/mol. The van der Waals surface area contributed by atoms with Crippen LogP contribution in [-0.4, -0.2) is 52.6 Å². The molecule has 0 spiro atoms. The lowest BCUT2D eigenvalue weighted by molar-refractivity contribution is -0.384. The lowest BCUT2D eigenvalue weighted by Gasteiger charge is -2.03. The first kappa shape index (κ1) is 22.7. The van der Waals surface area contributed by atoms with Gasteiger partial charge in [0, 0.05) is 22.9 Å². The number of rotatable bonds is 7. The standard InChI is InChI=1S/C21H15ClN8O4S/c1-34-17(31)10-16-18-19(28(26-16)14-8-4-13(22)5-9-14)29-20(25-24-18)23-21(27-29)35-11-12-2-6-15(7-3-12)30(32)33/h2-9H,10-11H2,1H3. The van der Waals surface area contributed by atoms with Crippen molar-refractivity contribution in [3.63, 3.8) is 0 Å². The maximum absolute atomic E-state index is 11.9. The number of nitro benzene ring substituents is 1. The van der Waals surface area contributed by atoms with Crippen molar-refractivity contribution in [2.24, 2.45) is 0 Å². The van der Waals surface area contributed by atoms with E-state index in [1.165, 1.54) is 35.5 Å². The zero-order valence-electron chi connectivity index (χ0n) is 18.0. The number of halogens is 1. The second kappa shape index (κ2) is 9.27. The average molecular weight is 511 g/mol. The van der Waals surface area contributed by atoms with Crippen LogP contribution >= 0.6 is 23.4 Å². The van der Waals surface area contributed by atoms with Crippen LogP contribution in [0.15, 0.2) is 53.7 Å². The van der Waals surface area contributed by atoms with Crippen LogP contribution in [0.2, 0.25) is 5.02 Å². The summed E-state index contributed by atoms with van der Waals surface area (Å²) in [5, 5.41) is 29.4.